The number of aryl methyl sites for hydroxylation is 3. The van der Waals surface area contributed by atoms with Gasteiger partial charge in [-0.15, -0.1) is 0 Å². The smallest absolute Gasteiger partial charge is 0.243 e. The predicted octanol–water partition coefficient (Wildman–Crippen LogP) is 3.48. The van der Waals surface area contributed by atoms with E-state index in [1.807, 2.05) is 31.2 Å². The molecule has 2 N–H and O–H groups in total. The molecule has 1 saturated heterocycles. The van der Waals surface area contributed by atoms with Crippen LogP contribution in [-0.2, 0) is 32.5 Å². The lowest BCUT2D eigenvalue weighted by molar-refractivity contribution is -0.121. The Morgan fingerprint density at radius 3 is 2.38 bits per heavy atom. The van der Waals surface area contributed by atoms with Crippen LogP contribution in [0, 0.1) is 12.8 Å². The van der Waals surface area contributed by atoms with E-state index in [1.54, 1.807) is 12.1 Å². The quantitative estimate of drug-likeness (QED) is 0.722. The van der Waals surface area contributed by atoms with Crippen molar-refractivity contribution < 1.29 is 18.0 Å². The summed E-state index contributed by atoms with van der Waals surface area (Å²) < 4.78 is 27.7. The standard InChI is InChI=1S/C24H29N3O4S/c1-16-6-9-22(25-17(2)28)23(14-16)26-24(29)19-10-12-27(13-11-19)32(30,31)21-8-7-18-4-3-5-20(18)15-21/h6-9,14-15,19H,3-5,10-13H2,1-2H3,(H,25,28)(H,26,29). The Morgan fingerprint density at radius 2 is 1.66 bits per heavy atom. The number of hydrogen-bond donors (Lipinski definition) is 2. The van der Waals surface area contributed by atoms with Crippen molar-refractivity contribution in [2.75, 3.05) is 23.7 Å². The number of nitrogens with zero attached hydrogens (tertiary/aromatic N) is 1. The molecule has 0 aromatic heterocycles. The van der Waals surface area contributed by atoms with Crippen LogP contribution in [0.15, 0.2) is 41.3 Å². The van der Waals surface area contributed by atoms with E-state index >= 15 is 0 Å². The zero-order valence-corrected chi connectivity index (χ0v) is 19.3. The Kier molecular flexibility index (Phi) is 6.35. The number of benzene rings is 2. The van der Waals surface area contributed by atoms with Gasteiger partial charge < -0.3 is 10.6 Å². The van der Waals surface area contributed by atoms with Gasteiger partial charge in [-0.3, -0.25) is 9.59 Å². The van der Waals surface area contributed by atoms with E-state index in [0.29, 0.717) is 42.2 Å². The summed E-state index contributed by atoms with van der Waals surface area (Å²) in [4.78, 5) is 24.7. The SMILES string of the molecule is CC(=O)Nc1ccc(C)cc1NC(=O)C1CCN(S(=O)(=O)c2ccc3c(c2)CCC3)CC1. The molecular weight excluding hydrogens is 426 g/mol. The summed E-state index contributed by atoms with van der Waals surface area (Å²) in [6.45, 7) is 3.95. The summed E-state index contributed by atoms with van der Waals surface area (Å²) in [6, 6.07) is 10.9. The van der Waals surface area contributed by atoms with Crippen molar-refractivity contribution in [1.29, 1.82) is 0 Å². The fraction of sp³-hybridized carbons (Fsp3) is 0.417. The minimum atomic E-state index is -3.56. The maximum absolute atomic E-state index is 13.1. The lowest BCUT2D eigenvalue weighted by atomic mass is 9.97. The first-order valence-corrected chi connectivity index (χ1v) is 12.5. The first kappa shape index (κ1) is 22.5. The van der Waals surface area contributed by atoms with Crippen LogP contribution >= 0.6 is 0 Å². The van der Waals surface area contributed by atoms with Gasteiger partial charge in [0.15, 0.2) is 0 Å². The van der Waals surface area contributed by atoms with E-state index in [1.165, 1.54) is 16.8 Å². The van der Waals surface area contributed by atoms with Crippen molar-refractivity contribution in [2.45, 2.75) is 50.8 Å². The number of amides is 2. The zero-order chi connectivity index (χ0) is 22.9. The summed E-state index contributed by atoms with van der Waals surface area (Å²) >= 11 is 0. The van der Waals surface area contributed by atoms with Gasteiger partial charge in [0.2, 0.25) is 21.8 Å². The van der Waals surface area contributed by atoms with Gasteiger partial charge >= 0.3 is 0 Å². The van der Waals surface area contributed by atoms with Gasteiger partial charge in [-0.25, -0.2) is 8.42 Å². The molecule has 2 aromatic rings. The maximum Gasteiger partial charge on any atom is 0.243 e. The molecular formula is C24H29N3O4S. The van der Waals surface area contributed by atoms with E-state index in [4.69, 9.17) is 0 Å². The molecule has 1 aliphatic carbocycles. The molecule has 0 atom stereocenters. The summed E-state index contributed by atoms with van der Waals surface area (Å²) in [5.74, 6) is -0.654. The van der Waals surface area contributed by atoms with E-state index in [0.717, 1.165) is 30.4 Å². The van der Waals surface area contributed by atoms with Crippen molar-refractivity contribution in [3.8, 4) is 0 Å². The van der Waals surface area contributed by atoms with Crippen LogP contribution < -0.4 is 10.6 Å². The molecule has 0 unspecified atom stereocenters. The lowest BCUT2D eigenvalue weighted by Gasteiger charge is -2.30. The zero-order valence-electron chi connectivity index (χ0n) is 18.5. The van der Waals surface area contributed by atoms with E-state index in [-0.39, 0.29) is 17.7 Å². The Bertz CT molecular complexity index is 1150. The van der Waals surface area contributed by atoms with Crippen LogP contribution in [0.25, 0.3) is 0 Å². The highest BCUT2D eigenvalue weighted by molar-refractivity contribution is 7.89. The summed E-state index contributed by atoms with van der Waals surface area (Å²) in [5, 5.41) is 5.65. The van der Waals surface area contributed by atoms with Crippen LogP contribution in [0.1, 0.15) is 42.9 Å². The third-order valence-electron chi connectivity index (χ3n) is 6.28. The normalized spacial score (nSPS) is 17.1. The molecule has 1 heterocycles. The Labute approximate surface area is 189 Å². The lowest BCUT2D eigenvalue weighted by Crippen LogP contribution is -2.41. The number of rotatable bonds is 5. The Hall–Kier alpha value is -2.71. The third kappa shape index (κ3) is 4.71. The van der Waals surface area contributed by atoms with Crippen molar-refractivity contribution in [3.63, 3.8) is 0 Å². The Morgan fingerprint density at radius 1 is 0.938 bits per heavy atom. The van der Waals surface area contributed by atoms with E-state index in [2.05, 4.69) is 10.6 Å². The van der Waals surface area contributed by atoms with Crippen LogP contribution in [0.5, 0.6) is 0 Å². The van der Waals surface area contributed by atoms with Crippen molar-refractivity contribution >= 4 is 33.2 Å². The molecule has 8 heteroatoms. The van der Waals surface area contributed by atoms with Crippen LogP contribution in [0.4, 0.5) is 11.4 Å². The molecule has 0 saturated carbocycles. The number of nitrogens with one attached hydrogen (secondary N) is 2. The number of carbonyl (C=O) groups excluding carboxylic acids is 2. The van der Waals surface area contributed by atoms with Gasteiger partial charge in [-0.1, -0.05) is 12.1 Å². The average molecular weight is 456 g/mol. The molecule has 0 bridgehead atoms. The maximum atomic E-state index is 13.1. The predicted molar refractivity (Wildman–Crippen MR) is 124 cm³/mol. The average Bonchev–Trinajstić information content (AvgIpc) is 3.23. The molecule has 1 fully saturated rings. The molecule has 0 spiro atoms. The molecule has 7 nitrogen and oxygen atoms in total. The van der Waals surface area contributed by atoms with Gasteiger partial charge in [0.05, 0.1) is 16.3 Å². The number of anilines is 2. The number of sulfonamides is 1. The summed E-state index contributed by atoms with van der Waals surface area (Å²) in [5.41, 5.74) is 4.44. The molecule has 170 valence electrons. The minimum Gasteiger partial charge on any atom is -0.325 e. The Balaban J connectivity index is 1.41. The highest BCUT2D eigenvalue weighted by Crippen LogP contribution is 2.30. The number of piperidine rings is 1. The van der Waals surface area contributed by atoms with E-state index in [9.17, 15) is 18.0 Å². The topological polar surface area (TPSA) is 95.6 Å². The summed E-state index contributed by atoms with van der Waals surface area (Å²) in [7, 11) is -3.56. The van der Waals surface area contributed by atoms with Gasteiger partial charge in [-0.2, -0.15) is 4.31 Å². The monoisotopic (exact) mass is 455 g/mol. The van der Waals surface area contributed by atoms with Gasteiger partial charge in [-0.05, 0) is 80.0 Å². The second-order valence-corrected chi connectivity index (χ2v) is 10.6. The second-order valence-electron chi connectivity index (χ2n) is 8.68. The van der Waals surface area contributed by atoms with Crippen LogP contribution in [-0.4, -0.2) is 37.6 Å². The molecule has 2 aliphatic rings. The highest BCUT2D eigenvalue weighted by atomic mass is 32.2. The van der Waals surface area contributed by atoms with Crippen LogP contribution in [0.2, 0.25) is 0 Å². The minimum absolute atomic E-state index is 0.156. The largest absolute Gasteiger partial charge is 0.325 e. The first-order chi connectivity index (χ1) is 15.2. The molecule has 0 radical (unpaired) electrons. The highest BCUT2D eigenvalue weighted by Gasteiger charge is 2.33. The second kappa shape index (κ2) is 9.03. The van der Waals surface area contributed by atoms with Crippen molar-refractivity contribution in [3.05, 3.63) is 53.1 Å². The van der Waals surface area contributed by atoms with Gasteiger partial charge in [0.25, 0.3) is 0 Å². The number of hydrogen-bond acceptors (Lipinski definition) is 4. The molecule has 2 aromatic carbocycles. The van der Waals surface area contributed by atoms with Gasteiger partial charge in [0, 0.05) is 25.9 Å². The molecule has 4 rings (SSSR count). The fourth-order valence-corrected chi connectivity index (χ4v) is 6.03. The molecule has 32 heavy (non-hydrogen) atoms. The van der Waals surface area contributed by atoms with Crippen molar-refractivity contribution in [2.24, 2.45) is 5.92 Å². The van der Waals surface area contributed by atoms with Crippen LogP contribution in [0.3, 0.4) is 0 Å². The number of fused-ring (bicyclic) bond motifs is 1. The van der Waals surface area contributed by atoms with E-state index < -0.39 is 10.0 Å². The third-order valence-corrected chi connectivity index (χ3v) is 8.17. The van der Waals surface area contributed by atoms with Crippen molar-refractivity contribution in [1.82, 2.24) is 4.31 Å². The summed E-state index contributed by atoms with van der Waals surface area (Å²) in [6.07, 6.45) is 3.93. The first-order valence-electron chi connectivity index (χ1n) is 11.0. The fourth-order valence-electron chi connectivity index (χ4n) is 4.51. The van der Waals surface area contributed by atoms with Gasteiger partial charge in [0.1, 0.15) is 0 Å². The molecule has 2 amide bonds. The number of carbonyl (C=O) groups is 2. The molecule has 1 aliphatic heterocycles.